The van der Waals surface area contributed by atoms with Gasteiger partial charge in [-0.1, -0.05) is 32.9 Å². The van der Waals surface area contributed by atoms with E-state index in [0.717, 1.165) is 4.90 Å². The van der Waals surface area contributed by atoms with Crippen LogP contribution in [-0.4, -0.2) is 45.8 Å². The molecule has 4 atom stereocenters. The summed E-state index contributed by atoms with van der Waals surface area (Å²) in [4.78, 5) is 51.8. The number of hydrazone groups is 1. The first kappa shape index (κ1) is 19.9. The summed E-state index contributed by atoms with van der Waals surface area (Å²) < 4.78 is 0. The molecule has 0 saturated carbocycles. The number of anilines is 1. The Kier molecular flexibility index (Phi) is 4.37. The van der Waals surface area contributed by atoms with Gasteiger partial charge in [-0.3, -0.25) is 29.5 Å². The van der Waals surface area contributed by atoms with E-state index in [1.807, 2.05) is 0 Å². The molecule has 30 heavy (non-hydrogen) atoms. The second-order valence-corrected chi connectivity index (χ2v) is 8.87. The van der Waals surface area contributed by atoms with Crippen molar-refractivity contribution in [1.29, 1.82) is 0 Å². The van der Waals surface area contributed by atoms with Crippen molar-refractivity contribution in [3.63, 3.8) is 0 Å². The highest BCUT2D eigenvalue weighted by Crippen LogP contribution is 2.47. The number of imide groups is 1. The maximum Gasteiger partial charge on any atom is 0.271 e. The van der Waals surface area contributed by atoms with Gasteiger partial charge < -0.3 is 0 Å². The van der Waals surface area contributed by atoms with Crippen LogP contribution >= 0.6 is 0 Å². The Labute approximate surface area is 173 Å². The predicted molar refractivity (Wildman–Crippen MR) is 109 cm³/mol. The Morgan fingerprint density at radius 1 is 1.17 bits per heavy atom. The number of rotatable bonds is 3. The van der Waals surface area contributed by atoms with E-state index in [4.69, 9.17) is 0 Å². The molecule has 4 rings (SSSR count). The van der Waals surface area contributed by atoms with Crippen molar-refractivity contribution in [3.05, 3.63) is 46.0 Å². The Balaban J connectivity index is 1.82. The largest absolute Gasteiger partial charge is 0.297 e. The molecule has 0 N–H and O–H groups in total. The van der Waals surface area contributed by atoms with Crippen molar-refractivity contribution >= 4 is 35.2 Å². The van der Waals surface area contributed by atoms with Gasteiger partial charge in [0, 0.05) is 23.8 Å². The molecular weight excluding hydrogens is 388 g/mol. The fourth-order valence-electron chi connectivity index (χ4n) is 4.47. The first-order valence-electron chi connectivity index (χ1n) is 9.70. The molecule has 2 saturated heterocycles. The minimum atomic E-state index is -0.896. The molecule has 0 unspecified atom stereocenters. The minimum absolute atomic E-state index is 0.175. The number of hydrogen-bond acceptors (Lipinski definition) is 7. The second kappa shape index (κ2) is 6.58. The summed E-state index contributed by atoms with van der Waals surface area (Å²) in [7, 11) is 0. The molecule has 0 radical (unpaired) electrons. The van der Waals surface area contributed by atoms with Crippen LogP contribution in [0, 0.1) is 34.3 Å². The zero-order valence-corrected chi connectivity index (χ0v) is 17.1. The maximum absolute atomic E-state index is 13.5. The molecule has 0 spiro atoms. The molecule has 2 fully saturated rings. The standard InChI is InChI=1S/C21H22N4O5/c1-11-7-8-12(25(29)30)10-14(11)23-19(27)15-13-6-5-9-22-24(13)17(16(15)20(23)28)18(26)21(2,3)4/h5-10,13,15-17H,1-4H3/t13-,15+,16+,17+/m1/s1. The number of nitro benzene ring substituents is 1. The van der Waals surface area contributed by atoms with Crippen LogP contribution in [0.25, 0.3) is 0 Å². The third-order valence-corrected chi connectivity index (χ3v) is 5.94. The Hall–Kier alpha value is -3.36. The number of fused-ring (bicyclic) bond motifs is 3. The highest BCUT2D eigenvalue weighted by atomic mass is 16.6. The van der Waals surface area contributed by atoms with E-state index in [9.17, 15) is 24.5 Å². The van der Waals surface area contributed by atoms with Crippen LogP contribution in [0.5, 0.6) is 0 Å². The smallest absolute Gasteiger partial charge is 0.271 e. The summed E-state index contributed by atoms with van der Waals surface area (Å²) in [5.74, 6) is -2.83. The van der Waals surface area contributed by atoms with Gasteiger partial charge in [-0.15, -0.1) is 0 Å². The van der Waals surface area contributed by atoms with Crippen LogP contribution in [-0.2, 0) is 14.4 Å². The number of aryl methyl sites for hydroxylation is 1. The van der Waals surface area contributed by atoms with E-state index < -0.39 is 46.1 Å². The molecule has 3 heterocycles. The minimum Gasteiger partial charge on any atom is -0.297 e. The third-order valence-electron chi connectivity index (χ3n) is 5.94. The lowest BCUT2D eigenvalue weighted by Gasteiger charge is -2.33. The highest BCUT2D eigenvalue weighted by molar-refractivity contribution is 6.24. The number of non-ortho nitro benzene ring substituents is 1. The third kappa shape index (κ3) is 2.76. The topological polar surface area (TPSA) is 113 Å². The summed E-state index contributed by atoms with van der Waals surface area (Å²) in [6, 6.07) is 2.69. The molecule has 3 aliphatic rings. The van der Waals surface area contributed by atoms with Crippen LogP contribution in [0.4, 0.5) is 11.4 Å². The van der Waals surface area contributed by atoms with E-state index in [0.29, 0.717) is 5.56 Å². The fraction of sp³-hybridized carbons (Fsp3) is 0.429. The van der Waals surface area contributed by atoms with E-state index in [2.05, 4.69) is 5.10 Å². The van der Waals surface area contributed by atoms with Crippen LogP contribution < -0.4 is 4.90 Å². The van der Waals surface area contributed by atoms with Gasteiger partial charge in [0.15, 0.2) is 5.78 Å². The summed E-state index contributed by atoms with van der Waals surface area (Å²) in [6.07, 6.45) is 5.01. The van der Waals surface area contributed by atoms with Crippen LogP contribution in [0.15, 0.2) is 35.5 Å². The Morgan fingerprint density at radius 3 is 2.47 bits per heavy atom. The second-order valence-electron chi connectivity index (χ2n) is 8.87. The molecule has 3 aliphatic heterocycles. The highest BCUT2D eigenvalue weighted by Gasteiger charge is 2.65. The van der Waals surface area contributed by atoms with E-state index in [-0.39, 0.29) is 17.2 Å². The zero-order valence-electron chi connectivity index (χ0n) is 17.1. The van der Waals surface area contributed by atoms with Gasteiger partial charge in [0.2, 0.25) is 11.8 Å². The van der Waals surface area contributed by atoms with Crippen molar-refractivity contribution in [3.8, 4) is 0 Å². The SMILES string of the molecule is Cc1ccc([N+](=O)[O-])cc1N1C(=O)[C@@H]2[C@H](C1=O)[C@@H](C(=O)C(C)(C)C)N1N=CC=C[C@H]21. The first-order chi connectivity index (χ1) is 14.0. The lowest BCUT2D eigenvalue weighted by Crippen LogP contribution is -2.49. The van der Waals surface area contributed by atoms with Crippen molar-refractivity contribution in [2.45, 2.75) is 39.8 Å². The summed E-state index contributed by atoms with van der Waals surface area (Å²) in [5, 5.41) is 17.1. The molecule has 1 aromatic carbocycles. The average molecular weight is 410 g/mol. The molecule has 156 valence electrons. The van der Waals surface area contributed by atoms with Crippen molar-refractivity contribution in [2.75, 3.05) is 4.90 Å². The summed E-state index contributed by atoms with van der Waals surface area (Å²) in [5.41, 5.74) is -0.196. The molecule has 1 aromatic rings. The lowest BCUT2D eigenvalue weighted by atomic mass is 9.80. The summed E-state index contributed by atoms with van der Waals surface area (Å²) in [6.45, 7) is 6.99. The van der Waals surface area contributed by atoms with Gasteiger partial charge in [0.1, 0.15) is 6.04 Å². The van der Waals surface area contributed by atoms with Crippen molar-refractivity contribution in [2.24, 2.45) is 22.4 Å². The molecular formula is C21H22N4O5. The van der Waals surface area contributed by atoms with Crippen LogP contribution in [0.3, 0.4) is 0 Å². The van der Waals surface area contributed by atoms with Crippen molar-refractivity contribution in [1.82, 2.24) is 5.01 Å². The van der Waals surface area contributed by atoms with E-state index in [1.54, 1.807) is 44.9 Å². The molecule has 0 aliphatic carbocycles. The summed E-state index contributed by atoms with van der Waals surface area (Å²) >= 11 is 0. The van der Waals surface area contributed by atoms with Gasteiger partial charge in [-0.2, -0.15) is 5.10 Å². The number of nitrogens with zero attached hydrogens (tertiary/aromatic N) is 4. The van der Waals surface area contributed by atoms with Gasteiger partial charge in [-0.25, -0.2) is 4.90 Å². The number of Topliss-reactive ketones (excluding diaryl/α,β-unsaturated/α-hetero) is 1. The average Bonchev–Trinajstić information content (AvgIpc) is 3.14. The van der Waals surface area contributed by atoms with E-state index in [1.165, 1.54) is 24.4 Å². The number of carbonyl (C=O) groups excluding carboxylic acids is 3. The maximum atomic E-state index is 13.5. The number of hydrogen-bond donors (Lipinski definition) is 0. The van der Waals surface area contributed by atoms with Gasteiger partial charge in [-0.05, 0) is 18.6 Å². The number of amides is 2. The Morgan fingerprint density at radius 2 is 1.83 bits per heavy atom. The number of nitro groups is 1. The molecule has 0 bridgehead atoms. The zero-order chi connectivity index (χ0) is 22.0. The fourth-order valence-corrected chi connectivity index (χ4v) is 4.47. The molecule has 0 aromatic heterocycles. The van der Waals surface area contributed by atoms with Crippen molar-refractivity contribution < 1.29 is 19.3 Å². The normalized spacial score (nSPS) is 27.5. The first-order valence-corrected chi connectivity index (χ1v) is 9.70. The van der Waals surface area contributed by atoms with Gasteiger partial charge in [0.05, 0.1) is 28.5 Å². The molecule has 9 nitrogen and oxygen atoms in total. The number of ketones is 1. The Bertz CT molecular complexity index is 1040. The predicted octanol–water partition coefficient (Wildman–Crippen LogP) is 2.23. The lowest BCUT2D eigenvalue weighted by molar-refractivity contribution is -0.384. The molecule has 2 amide bonds. The monoisotopic (exact) mass is 410 g/mol. The van der Waals surface area contributed by atoms with Crippen LogP contribution in [0.1, 0.15) is 26.3 Å². The quantitative estimate of drug-likeness (QED) is 0.429. The van der Waals surface area contributed by atoms with Crippen LogP contribution in [0.2, 0.25) is 0 Å². The number of benzene rings is 1. The number of carbonyl (C=O) groups is 3. The van der Waals surface area contributed by atoms with E-state index >= 15 is 0 Å². The molecule has 9 heteroatoms. The van der Waals surface area contributed by atoms with Gasteiger partial charge >= 0.3 is 0 Å². The van der Waals surface area contributed by atoms with Gasteiger partial charge in [0.25, 0.3) is 5.69 Å². The number of allylic oxidation sites excluding steroid dienone is 1.